The zero-order chi connectivity index (χ0) is 17.8. The number of aryl methyl sites for hydroxylation is 2. The molecule has 1 atom stereocenters. The van der Waals surface area contributed by atoms with E-state index >= 15 is 0 Å². The molecule has 0 aliphatic carbocycles. The summed E-state index contributed by atoms with van der Waals surface area (Å²) in [5.74, 6) is -0.371. The first-order valence-electron chi connectivity index (χ1n) is 8.45. The van der Waals surface area contributed by atoms with Crippen LogP contribution in [0.4, 0.5) is 5.69 Å². The summed E-state index contributed by atoms with van der Waals surface area (Å²) < 4.78 is 5.75. The molecule has 0 bridgehead atoms. The van der Waals surface area contributed by atoms with Crippen LogP contribution in [0.25, 0.3) is 0 Å². The molecule has 1 aromatic heterocycles. The first-order valence-corrected chi connectivity index (χ1v) is 8.45. The Kier molecular flexibility index (Phi) is 5.19. The summed E-state index contributed by atoms with van der Waals surface area (Å²) in [6.45, 7) is 6.18. The van der Waals surface area contributed by atoms with Crippen molar-refractivity contribution in [2.45, 2.75) is 20.0 Å². The third-order valence-electron chi connectivity index (χ3n) is 4.49. The molecule has 0 unspecified atom stereocenters. The number of aromatic nitrogens is 1. The molecule has 1 aromatic carbocycles. The minimum atomic E-state index is -0.371. The molecule has 25 heavy (non-hydrogen) atoms. The lowest BCUT2D eigenvalue weighted by Crippen LogP contribution is -2.48. The molecule has 1 fully saturated rings. The number of pyridine rings is 1. The Morgan fingerprint density at radius 3 is 2.84 bits per heavy atom. The number of nitrogens with zero attached hydrogens (tertiary/aromatic N) is 1. The van der Waals surface area contributed by atoms with Crippen LogP contribution in [0.3, 0.4) is 0 Å². The van der Waals surface area contributed by atoms with Gasteiger partial charge in [-0.25, -0.2) is 0 Å². The number of ether oxygens (including phenoxy) is 1. The maximum Gasteiger partial charge on any atom is 0.261 e. The zero-order valence-electron chi connectivity index (χ0n) is 14.5. The smallest absolute Gasteiger partial charge is 0.261 e. The first kappa shape index (κ1) is 17.2. The lowest BCUT2D eigenvalue weighted by molar-refractivity contribution is 0.0397. The molecule has 1 aliphatic rings. The van der Waals surface area contributed by atoms with Gasteiger partial charge < -0.3 is 19.9 Å². The van der Waals surface area contributed by atoms with Gasteiger partial charge >= 0.3 is 0 Å². The van der Waals surface area contributed by atoms with Crippen molar-refractivity contribution in [2.75, 3.05) is 31.1 Å². The molecule has 2 heterocycles. The lowest BCUT2D eigenvalue weighted by Gasteiger charge is -2.34. The number of carbonyl (C=O) groups excluding carboxylic acids is 1. The summed E-state index contributed by atoms with van der Waals surface area (Å²) in [7, 11) is 0. The zero-order valence-corrected chi connectivity index (χ0v) is 14.5. The van der Waals surface area contributed by atoms with Gasteiger partial charge in [0.05, 0.1) is 12.7 Å². The highest BCUT2D eigenvalue weighted by atomic mass is 16.5. The number of nitrogens with one attached hydrogen (secondary N) is 2. The van der Waals surface area contributed by atoms with Crippen molar-refractivity contribution in [2.24, 2.45) is 0 Å². The number of para-hydroxylation sites is 1. The number of carbonyl (C=O) groups is 1. The van der Waals surface area contributed by atoms with Gasteiger partial charge in [-0.1, -0.05) is 18.2 Å². The fourth-order valence-corrected chi connectivity index (χ4v) is 2.91. The van der Waals surface area contributed by atoms with E-state index in [1.54, 1.807) is 6.07 Å². The number of hydrogen-bond donors (Lipinski definition) is 2. The molecule has 0 spiro atoms. The van der Waals surface area contributed by atoms with Crippen LogP contribution in [0.5, 0.6) is 0 Å². The van der Waals surface area contributed by atoms with E-state index in [9.17, 15) is 9.59 Å². The van der Waals surface area contributed by atoms with Crippen LogP contribution >= 0.6 is 0 Å². The Hall–Kier alpha value is -2.60. The SMILES string of the molecule is Cc1cc(C(=O)NC[C@H]2CN(c3ccccc3)CCO2)c(=O)[nH]c1C. The lowest BCUT2D eigenvalue weighted by atomic mass is 10.1. The summed E-state index contributed by atoms with van der Waals surface area (Å²) in [6.07, 6.45) is -0.108. The van der Waals surface area contributed by atoms with Gasteiger partial charge in [0, 0.05) is 31.0 Å². The minimum Gasteiger partial charge on any atom is -0.373 e. The molecular formula is C19H23N3O3. The molecule has 1 amide bonds. The molecule has 132 valence electrons. The molecule has 1 aliphatic heterocycles. The number of rotatable bonds is 4. The molecule has 2 N–H and O–H groups in total. The van der Waals surface area contributed by atoms with Crippen molar-refractivity contribution in [1.29, 1.82) is 0 Å². The van der Waals surface area contributed by atoms with Gasteiger partial charge in [-0.05, 0) is 37.6 Å². The van der Waals surface area contributed by atoms with E-state index in [1.807, 2.05) is 32.0 Å². The molecule has 2 aromatic rings. The second-order valence-electron chi connectivity index (χ2n) is 6.30. The fraction of sp³-hybridized carbons (Fsp3) is 0.368. The standard InChI is InChI=1S/C19H23N3O3/c1-13-10-17(19(24)21-14(13)2)18(23)20-11-16-12-22(8-9-25-16)15-6-4-3-5-7-15/h3-7,10,16H,8-9,11-12H2,1-2H3,(H,20,23)(H,21,24)/t16-/m0/s1. The number of benzene rings is 1. The summed E-state index contributed by atoms with van der Waals surface area (Å²) in [4.78, 5) is 29.2. The van der Waals surface area contributed by atoms with E-state index in [2.05, 4.69) is 27.3 Å². The predicted molar refractivity (Wildman–Crippen MR) is 97.3 cm³/mol. The Bertz CT molecular complexity index is 801. The van der Waals surface area contributed by atoms with Crippen molar-refractivity contribution in [1.82, 2.24) is 10.3 Å². The number of morpholine rings is 1. The molecular weight excluding hydrogens is 318 g/mol. The highest BCUT2D eigenvalue weighted by molar-refractivity contribution is 5.94. The van der Waals surface area contributed by atoms with Crippen molar-refractivity contribution in [3.05, 3.63) is 63.6 Å². The van der Waals surface area contributed by atoms with Crippen LogP contribution in [0.1, 0.15) is 21.6 Å². The number of hydrogen-bond acceptors (Lipinski definition) is 4. The van der Waals surface area contributed by atoms with E-state index in [-0.39, 0.29) is 23.1 Å². The van der Waals surface area contributed by atoms with Crippen molar-refractivity contribution >= 4 is 11.6 Å². The minimum absolute atomic E-state index is 0.108. The highest BCUT2D eigenvalue weighted by Gasteiger charge is 2.22. The van der Waals surface area contributed by atoms with Crippen molar-refractivity contribution in [3.8, 4) is 0 Å². The van der Waals surface area contributed by atoms with Gasteiger partial charge in [-0.2, -0.15) is 0 Å². The van der Waals surface area contributed by atoms with Crippen LogP contribution in [0, 0.1) is 13.8 Å². The van der Waals surface area contributed by atoms with E-state index in [1.165, 1.54) is 0 Å². The maximum atomic E-state index is 12.3. The van der Waals surface area contributed by atoms with Crippen LogP contribution in [0.2, 0.25) is 0 Å². The molecule has 0 radical (unpaired) electrons. The average molecular weight is 341 g/mol. The summed E-state index contributed by atoms with van der Waals surface area (Å²) >= 11 is 0. The second kappa shape index (κ2) is 7.53. The summed E-state index contributed by atoms with van der Waals surface area (Å²) in [5, 5.41) is 2.82. The number of amides is 1. The largest absolute Gasteiger partial charge is 0.373 e. The third kappa shape index (κ3) is 4.09. The Labute approximate surface area is 146 Å². The van der Waals surface area contributed by atoms with Crippen LogP contribution in [-0.4, -0.2) is 43.2 Å². The normalized spacial score (nSPS) is 17.4. The highest BCUT2D eigenvalue weighted by Crippen LogP contribution is 2.16. The van der Waals surface area contributed by atoms with E-state index in [4.69, 9.17) is 4.74 Å². The van der Waals surface area contributed by atoms with Crippen LogP contribution in [-0.2, 0) is 4.74 Å². The number of H-pyrrole nitrogens is 1. The topological polar surface area (TPSA) is 74.4 Å². The number of anilines is 1. The van der Waals surface area contributed by atoms with Crippen molar-refractivity contribution < 1.29 is 9.53 Å². The van der Waals surface area contributed by atoms with E-state index in [0.29, 0.717) is 19.7 Å². The predicted octanol–water partition coefficient (Wildman–Crippen LogP) is 1.63. The van der Waals surface area contributed by atoms with Gasteiger partial charge in [0.25, 0.3) is 11.5 Å². The molecule has 3 rings (SSSR count). The van der Waals surface area contributed by atoms with Crippen LogP contribution < -0.4 is 15.8 Å². The van der Waals surface area contributed by atoms with Gasteiger partial charge in [0.1, 0.15) is 5.56 Å². The van der Waals surface area contributed by atoms with Gasteiger partial charge in [-0.15, -0.1) is 0 Å². The summed E-state index contributed by atoms with van der Waals surface area (Å²) in [6, 6.07) is 11.8. The average Bonchev–Trinajstić information content (AvgIpc) is 2.64. The van der Waals surface area contributed by atoms with Gasteiger partial charge in [0.2, 0.25) is 0 Å². The monoisotopic (exact) mass is 341 g/mol. The number of aromatic amines is 1. The Balaban J connectivity index is 1.61. The molecule has 1 saturated heterocycles. The summed E-state index contributed by atoms with van der Waals surface area (Å²) in [5.41, 5.74) is 2.58. The molecule has 0 saturated carbocycles. The quantitative estimate of drug-likeness (QED) is 0.886. The van der Waals surface area contributed by atoms with Crippen LogP contribution in [0.15, 0.2) is 41.2 Å². The maximum absolute atomic E-state index is 12.3. The fourth-order valence-electron chi connectivity index (χ4n) is 2.91. The Morgan fingerprint density at radius 2 is 2.08 bits per heavy atom. The molecule has 6 nitrogen and oxygen atoms in total. The second-order valence-corrected chi connectivity index (χ2v) is 6.30. The third-order valence-corrected chi connectivity index (χ3v) is 4.49. The van der Waals surface area contributed by atoms with E-state index < -0.39 is 0 Å². The first-order chi connectivity index (χ1) is 12.0. The van der Waals surface area contributed by atoms with Crippen molar-refractivity contribution in [3.63, 3.8) is 0 Å². The van der Waals surface area contributed by atoms with Gasteiger partial charge in [0.15, 0.2) is 0 Å². The van der Waals surface area contributed by atoms with Gasteiger partial charge in [-0.3, -0.25) is 9.59 Å². The van der Waals surface area contributed by atoms with E-state index in [0.717, 1.165) is 23.5 Å². The molecule has 6 heteroatoms. The Morgan fingerprint density at radius 1 is 1.32 bits per heavy atom.